The van der Waals surface area contributed by atoms with Gasteiger partial charge in [-0.15, -0.1) is 0 Å². The molecule has 1 aliphatic heterocycles. The molecule has 1 aliphatic carbocycles. The van der Waals surface area contributed by atoms with Gasteiger partial charge in [-0.1, -0.05) is 133 Å². The monoisotopic (exact) mass is 627 g/mol. The predicted molar refractivity (Wildman–Crippen MR) is 200 cm³/mol. The topological polar surface area (TPSA) is 47.9 Å². The van der Waals surface area contributed by atoms with Crippen LogP contribution in [-0.2, 0) is 0 Å². The lowest BCUT2D eigenvalue weighted by atomic mass is 9.86. The zero-order valence-corrected chi connectivity index (χ0v) is 26.5. The van der Waals surface area contributed by atoms with E-state index in [0.717, 1.165) is 49.9 Å². The van der Waals surface area contributed by atoms with Crippen LogP contribution in [0, 0.1) is 0 Å². The highest BCUT2D eigenvalue weighted by atomic mass is 16.5. The van der Waals surface area contributed by atoms with Gasteiger partial charge < -0.3 is 4.74 Å². The summed E-state index contributed by atoms with van der Waals surface area (Å²) in [6.45, 7) is 0. The Morgan fingerprint density at radius 1 is 0.429 bits per heavy atom. The Morgan fingerprint density at radius 3 is 1.96 bits per heavy atom. The number of hydrogen-bond acceptors (Lipinski definition) is 4. The fourth-order valence-corrected chi connectivity index (χ4v) is 7.47. The third-order valence-corrected chi connectivity index (χ3v) is 9.82. The molecule has 4 nitrogen and oxygen atoms in total. The van der Waals surface area contributed by atoms with Gasteiger partial charge in [-0.2, -0.15) is 0 Å². The van der Waals surface area contributed by atoms with Gasteiger partial charge in [-0.3, -0.25) is 0 Å². The highest BCUT2D eigenvalue weighted by Crippen LogP contribution is 2.48. The molecule has 10 rings (SSSR count). The van der Waals surface area contributed by atoms with Crippen molar-refractivity contribution in [1.29, 1.82) is 0 Å². The second kappa shape index (κ2) is 11.1. The van der Waals surface area contributed by atoms with Gasteiger partial charge in [0.15, 0.2) is 17.5 Å². The largest absolute Gasteiger partial charge is 0.485 e. The summed E-state index contributed by atoms with van der Waals surface area (Å²) in [6, 6.07) is 49.0. The van der Waals surface area contributed by atoms with Crippen molar-refractivity contribution < 1.29 is 4.74 Å². The lowest BCUT2D eigenvalue weighted by molar-refractivity contribution is 0.269. The molecule has 1 aromatic heterocycles. The maximum atomic E-state index is 6.65. The van der Waals surface area contributed by atoms with E-state index in [1.807, 2.05) is 18.2 Å². The Hall–Kier alpha value is -6.39. The molecule has 0 fully saturated rings. The molecule has 2 unspecified atom stereocenters. The highest BCUT2D eigenvalue weighted by molar-refractivity contribution is 6.13. The van der Waals surface area contributed by atoms with E-state index in [9.17, 15) is 0 Å². The van der Waals surface area contributed by atoms with Gasteiger partial charge in [0.1, 0.15) is 11.9 Å². The first kappa shape index (κ1) is 27.7. The third-order valence-electron chi connectivity index (χ3n) is 9.82. The van der Waals surface area contributed by atoms with E-state index in [0.29, 0.717) is 17.5 Å². The molecule has 2 aliphatic rings. The summed E-state index contributed by atoms with van der Waals surface area (Å²) in [5, 5.41) is 7.04. The van der Waals surface area contributed by atoms with Crippen LogP contribution in [0.15, 0.2) is 164 Å². The van der Waals surface area contributed by atoms with Gasteiger partial charge in [0.25, 0.3) is 0 Å². The standard InChI is InChI=1S/C45H29N3O/c1-2-13-29(14-3-1)43-46-44(38-25-32-16-6-7-17-34(32)35-18-8-9-19-36(35)38)48-45(47-43)39-26-33(31-23-22-28-12-4-5-15-30(28)24-31)27-41-42(39)37-20-10-11-21-40(37)49-41/h1-27,37,40H. The van der Waals surface area contributed by atoms with Crippen LogP contribution in [0.1, 0.15) is 11.5 Å². The van der Waals surface area contributed by atoms with E-state index in [4.69, 9.17) is 19.7 Å². The van der Waals surface area contributed by atoms with Gasteiger partial charge >= 0.3 is 0 Å². The first-order valence-electron chi connectivity index (χ1n) is 16.7. The number of benzene rings is 7. The van der Waals surface area contributed by atoms with Crippen molar-refractivity contribution in [2.75, 3.05) is 0 Å². The van der Waals surface area contributed by atoms with Crippen molar-refractivity contribution in [2.45, 2.75) is 12.0 Å². The van der Waals surface area contributed by atoms with Crippen molar-refractivity contribution in [1.82, 2.24) is 15.0 Å². The van der Waals surface area contributed by atoms with Gasteiger partial charge in [-0.25, -0.2) is 15.0 Å². The molecule has 0 N–H and O–H groups in total. The quantitative estimate of drug-likeness (QED) is 0.182. The summed E-state index contributed by atoms with van der Waals surface area (Å²) >= 11 is 0. The molecular formula is C45H29N3O. The summed E-state index contributed by atoms with van der Waals surface area (Å²) < 4.78 is 6.65. The first-order valence-corrected chi connectivity index (χ1v) is 16.7. The molecule has 230 valence electrons. The van der Waals surface area contributed by atoms with E-state index in [-0.39, 0.29) is 12.0 Å². The predicted octanol–water partition coefficient (Wildman–Crippen LogP) is 11.0. The average molecular weight is 628 g/mol. The van der Waals surface area contributed by atoms with Gasteiger partial charge in [0, 0.05) is 28.2 Å². The third kappa shape index (κ3) is 4.64. The van der Waals surface area contributed by atoms with Crippen LogP contribution in [0.5, 0.6) is 5.75 Å². The van der Waals surface area contributed by atoms with Gasteiger partial charge in [-0.05, 0) is 73.8 Å². The van der Waals surface area contributed by atoms with E-state index in [2.05, 4.69) is 146 Å². The summed E-state index contributed by atoms with van der Waals surface area (Å²) in [5.74, 6) is 2.84. The molecule has 0 spiro atoms. The second-order valence-electron chi connectivity index (χ2n) is 12.7. The Morgan fingerprint density at radius 2 is 1.10 bits per heavy atom. The van der Waals surface area contributed by atoms with Crippen LogP contribution in [0.3, 0.4) is 0 Å². The average Bonchev–Trinajstić information content (AvgIpc) is 3.56. The molecule has 0 saturated carbocycles. The van der Waals surface area contributed by atoms with Gasteiger partial charge in [0.05, 0.1) is 0 Å². The molecule has 0 amide bonds. The van der Waals surface area contributed by atoms with Gasteiger partial charge in [0.2, 0.25) is 0 Å². The molecule has 4 heteroatoms. The fourth-order valence-electron chi connectivity index (χ4n) is 7.47. The van der Waals surface area contributed by atoms with E-state index in [1.165, 1.54) is 21.5 Å². The molecular weight excluding hydrogens is 599 g/mol. The second-order valence-corrected chi connectivity index (χ2v) is 12.7. The van der Waals surface area contributed by atoms with Crippen LogP contribution in [-0.4, -0.2) is 21.1 Å². The minimum absolute atomic E-state index is 0.0579. The molecule has 0 bridgehead atoms. The maximum Gasteiger partial charge on any atom is 0.164 e. The number of aromatic nitrogens is 3. The van der Waals surface area contributed by atoms with E-state index < -0.39 is 0 Å². The Labute approximate surface area is 283 Å². The lowest BCUT2D eigenvalue weighted by Crippen LogP contribution is -2.16. The summed E-state index contributed by atoms with van der Waals surface area (Å²) in [7, 11) is 0. The van der Waals surface area contributed by atoms with Crippen molar-refractivity contribution in [3.8, 4) is 51.0 Å². The smallest absolute Gasteiger partial charge is 0.164 e. The molecule has 7 aromatic carbocycles. The highest BCUT2D eigenvalue weighted by Gasteiger charge is 2.36. The summed E-state index contributed by atoms with van der Waals surface area (Å²) in [5.41, 5.74) is 6.16. The van der Waals surface area contributed by atoms with E-state index in [1.54, 1.807) is 0 Å². The lowest BCUT2D eigenvalue weighted by Gasteiger charge is -2.17. The van der Waals surface area contributed by atoms with Crippen LogP contribution >= 0.6 is 0 Å². The molecule has 2 atom stereocenters. The molecule has 2 heterocycles. The Bertz CT molecular complexity index is 2660. The van der Waals surface area contributed by atoms with Crippen LogP contribution in [0.25, 0.3) is 77.6 Å². The number of ether oxygens (including phenoxy) is 1. The maximum absolute atomic E-state index is 6.65. The summed E-state index contributed by atoms with van der Waals surface area (Å²) in [6.07, 6.45) is 8.46. The number of fused-ring (bicyclic) bond motifs is 7. The number of hydrogen-bond donors (Lipinski definition) is 0. The van der Waals surface area contributed by atoms with E-state index >= 15 is 0 Å². The fraction of sp³-hybridized carbons (Fsp3) is 0.0444. The number of nitrogens with zero attached hydrogens (tertiary/aromatic N) is 3. The first-order chi connectivity index (χ1) is 24.3. The van der Waals surface area contributed by atoms with Crippen LogP contribution < -0.4 is 4.74 Å². The molecule has 49 heavy (non-hydrogen) atoms. The zero-order chi connectivity index (χ0) is 32.3. The van der Waals surface area contributed by atoms with Crippen molar-refractivity contribution >= 4 is 32.3 Å². The minimum atomic E-state index is -0.0788. The molecule has 0 radical (unpaired) electrons. The van der Waals surface area contributed by atoms with Crippen molar-refractivity contribution in [3.05, 3.63) is 169 Å². The number of allylic oxidation sites excluding steroid dienone is 2. The van der Waals surface area contributed by atoms with Crippen LogP contribution in [0.2, 0.25) is 0 Å². The molecule has 8 aromatic rings. The SMILES string of the molecule is C1=CC2Oc3cc(-c4ccc5ccccc5c4)cc(-c4nc(-c5ccccc5)nc(-c5cc6ccccc6c6ccccc56)n4)c3C2C=C1. The minimum Gasteiger partial charge on any atom is -0.485 e. The Balaban J connectivity index is 1.25. The number of rotatable bonds is 4. The van der Waals surface area contributed by atoms with Crippen LogP contribution in [0.4, 0.5) is 0 Å². The Kier molecular flexibility index (Phi) is 6.28. The molecule has 0 saturated heterocycles. The van der Waals surface area contributed by atoms with Crippen molar-refractivity contribution in [2.24, 2.45) is 0 Å². The van der Waals surface area contributed by atoms with Crippen molar-refractivity contribution in [3.63, 3.8) is 0 Å². The normalized spacial score (nSPS) is 16.2. The summed E-state index contributed by atoms with van der Waals surface area (Å²) in [4.78, 5) is 15.7. The zero-order valence-electron chi connectivity index (χ0n) is 26.5.